The van der Waals surface area contributed by atoms with Crippen molar-refractivity contribution < 1.29 is 12.8 Å². The van der Waals surface area contributed by atoms with Crippen LogP contribution in [0.4, 0.5) is 4.39 Å². The maximum Gasteiger partial charge on any atom is 0.147 e. The van der Waals surface area contributed by atoms with E-state index in [9.17, 15) is 12.8 Å². The third kappa shape index (κ3) is 6.50. The fourth-order valence-electron chi connectivity index (χ4n) is 1.87. The van der Waals surface area contributed by atoms with Crippen LogP contribution in [-0.4, -0.2) is 25.8 Å². The summed E-state index contributed by atoms with van der Waals surface area (Å²) >= 11 is 3.43. The van der Waals surface area contributed by atoms with E-state index in [2.05, 4.69) is 15.9 Å². The maximum absolute atomic E-state index is 13.0. The Kier molecular flexibility index (Phi) is 6.29. The van der Waals surface area contributed by atoms with Crippen LogP contribution < -0.4 is 0 Å². The van der Waals surface area contributed by atoms with Crippen LogP contribution in [0.5, 0.6) is 0 Å². The van der Waals surface area contributed by atoms with Crippen molar-refractivity contribution in [2.45, 2.75) is 19.3 Å². The van der Waals surface area contributed by atoms with Crippen LogP contribution in [0, 0.1) is 11.7 Å². The van der Waals surface area contributed by atoms with Crippen molar-refractivity contribution in [1.29, 1.82) is 0 Å². The van der Waals surface area contributed by atoms with Crippen molar-refractivity contribution in [2.24, 2.45) is 5.92 Å². The molecule has 0 bridgehead atoms. The molecule has 1 aromatic carbocycles. The zero-order valence-electron chi connectivity index (χ0n) is 10.4. The maximum atomic E-state index is 13.0. The zero-order chi connectivity index (χ0) is 13.6. The molecule has 0 N–H and O–H groups in total. The van der Waals surface area contributed by atoms with Crippen LogP contribution in [-0.2, 0) is 16.3 Å². The summed E-state index contributed by atoms with van der Waals surface area (Å²) in [6.07, 6.45) is 3.51. The van der Waals surface area contributed by atoms with Crippen molar-refractivity contribution in [1.82, 2.24) is 0 Å². The first-order chi connectivity index (χ1) is 8.40. The molecule has 0 fully saturated rings. The minimum atomic E-state index is -2.88. The van der Waals surface area contributed by atoms with E-state index in [0.717, 1.165) is 23.7 Å². The Balaban J connectivity index is 2.47. The van der Waals surface area contributed by atoms with E-state index in [0.29, 0.717) is 12.3 Å². The molecule has 0 saturated heterocycles. The second-order valence-corrected chi connectivity index (χ2v) is 7.53. The summed E-state index contributed by atoms with van der Waals surface area (Å²) < 4.78 is 35.1. The van der Waals surface area contributed by atoms with Crippen molar-refractivity contribution >= 4 is 25.8 Å². The molecule has 0 aliphatic rings. The van der Waals surface area contributed by atoms with Gasteiger partial charge in [-0.25, -0.2) is 12.8 Å². The monoisotopic (exact) mass is 336 g/mol. The Hall–Kier alpha value is -0.420. The van der Waals surface area contributed by atoms with Crippen molar-refractivity contribution in [3.8, 4) is 0 Å². The van der Waals surface area contributed by atoms with Gasteiger partial charge in [-0.2, -0.15) is 0 Å². The fourth-order valence-corrected chi connectivity index (χ4v) is 3.11. The molecule has 2 nitrogen and oxygen atoms in total. The smallest absolute Gasteiger partial charge is 0.147 e. The van der Waals surface area contributed by atoms with Gasteiger partial charge in [-0.3, -0.25) is 0 Å². The first-order valence-electron chi connectivity index (χ1n) is 5.89. The van der Waals surface area contributed by atoms with E-state index >= 15 is 0 Å². The summed E-state index contributed by atoms with van der Waals surface area (Å²) in [4.78, 5) is 0. The van der Waals surface area contributed by atoms with Crippen LogP contribution in [0.2, 0.25) is 0 Å². The standard InChI is InChI=1S/C13H18BrFO2S/c1-18(16,17)7-3-5-12(10-14)8-11-4-2-6-13(15)9-11/h2,4,6,9,12H,3,5,7-8,10H2,1H3. The molecule has 1 rings (SSSR count). The van der Waals surface area contributed by atoms with Gasteiger partial charge in [-0.05, 0) is 42.9 Å². The highest BCUT2D eigenvalue weighted by Crippen LogP contribution is 2.17. The van der Waals surface area contributed by atoms with Crippen molar-refractivity contribution in [3.63, 3.8) is 0 Å². The molecule has 0 spiro atoms. The summed E-state index contributed by atoms with van der Waals surface area (Å²) in [5, 5.41) is 0.799. The molecule has 1 atom stereocenters. The van der Waals surface area contributed by atoms with Crippen molar-refractivity contribution in [2.75, 3.05) is 17.3 Å². The topological polar surface area (TPSA) is 34.1 Å². The molecule has 0 saturated carbocycles. The van der Waals surface area contributed by atoms with E-state index in [1.54, 1.807) is 6.07 Å². The molecular weight excluding hydrogens is 319 g/mol. The quantitative estimate of drug-likeness (QED) is 0.716. The molecule has 0 aliphatic carbocycles. The van der Waals surface area contributed by atoms with Crippen LogP contribution in [0.3, 0.4) is 0 Å². The van der Waals surface area contributed by atoms with Gasteiger partial charge in [0.25, 0.3) is 0 Å². The molecule has 0 amide bonds. The van der Waals surface area contributed by atoms with Gasteiger partial charge in [-0.15, -0.1) is 0 Å². The second kappa shape index (κ2) is 7.24. The molecule has 1 aromatic rings. The van der Waals surface area contributed by atoms with Gasteiger partial charge in [0.1, 0.15) is 15.7 Å². The largest absolute Gasteiger partial charge is 0.229 e. The lowest BCUT2D eigenvalue weighted by molar-refractivity contribution is 0.527. The van der Waals surface area contributed by atoms with Gasteiger partial charge >= 0.3 is 0 Å². The Morgan fingerprint density at radius 2 is 2.11 bits per heavy atom. The predicted octanol–water partition coefficient (Wildman–Crippen LogP) is 3.20. The third-order valence-corrected chi connectivity index (χ3v) is 4.71. The highest BCUT2D eigenvalue weighted by atomic mass is 79.9. The average Bonchev–Trinajstić information content (AvgIpc) is 2.26. The lowest BCUT2D eigenvalue weighted by Crippen LogP contribution is -2.10. The SMILES string of the molecule is CS(=O)(=O)CCCC(CBr)Cc1cccc(F)c1. The molecule has 0 radical (unpaired) electrons. The van der Waals surface area contributed by atoms with Crippen LogP contribution in [0.15, 0.2) is 24.3 Å². The molecule has 0 heterocycles. The lowest BCUT2D eigenvalue weighted by atomic mass is 9.97. The molecule has 18 heavy (non-hydrogen) atoms. The molecule has 102 valence electrons. The average molecular weight is 337 g/mol. The number of halogens is 2. The zero-order valence-corrected chi connectivity index (χ0v) is 12.8. The number of alkyl halides is 1. The number of hydrogen-bond acceptors (Lipinski definition) is 2. The second-order valence-electron chi connectivity index (χ2n) is 4.63. The first kappa shape index (κ1) is 15.6. The van der Waals surface area contributed by atoms with E-state index in [-0.39, 0.29) is 11.6 Å². The van der Waals surface area contributed by atoms with Gasteiger partial charge in [-0.1, -0.05) is 28.1 Å². The number of benzene rings is 1. The highest BCUT2D eigenvalue weighted by Gasteiger charge is 2.10. The first-order valence-corrected chi connectivity index (χ1v) is 9.07. The van der Waals surface area contributed by atoms with Gasteiger partial charge in [0.05, 0.1) is 0 Å². The van der Waals surface area contributed by atoms with Crippen LogP contribution >= 0.6 is 15.9 Å². The van der Waals surface area contributed by atoms with E-state index in [1.807, 2.05) is 6.07 Å². The normalized spacial score (nSPS) is 13.5. The molecular formula is C13H18BrFO2S. The van der Waals surface area contributed by atoms with Crippen molar-refractivity contribution in [3.05, 3.63) is 35.6 Å². The number of hydrogen-bond donors (Lipinski definition) is 0. The summed E-state index contributed by atoms with van der Waals surface area (Å²) in [5.41, 5.74) is 0.957. The lowest BCUT2D eigenvalue weighted by Gasteiger charge is -2.13. The summed E-state index contributed by atoms with van der Waals surface area (Å²) in [6, 6.07) is 6.56. The summed E-state index contributed by atoms with van der Waals surface area (Å²) in [5.74, 6) is 0.338. The minimum Gasteiger partial charge on any atom is -0.229 e. The fraction of sp³-hybridized carbons (Fsp3) is 0.538. The van der Waals surface area contributed by atoms with E-state index in [4.69, 9.17) is 0 Å². The molecule has 0 aliphatic heterocycles. The van der Waals surface area contributed by atoms with E-state index in [1.165, 1.54) is 18.4 Å². The van der Waals surface area contributed by atoms with Gasteiger partial charge < -0.3 is 0 Å². The Labute approximate surface area is 117 Å². The molecule has 0 aromatic heterocycles. The Morgan fingerprint density at radius 1 is 1.39 bits per heavy atom. The summed E-state index contributed by atoms with van der Waals surface area (Å²) in [6.45, 7) is 0. The van der Waals surface area contributed by atoms with Gasteiger partial charge in [0.15, 0.2) is 0 Å². The predicted molar refractivity (Wildman–Crippen MR) is 76.3 cm³/mol. The van der Waals surface area contributed by atoms with Crippen LogP contribution in [0.25, 0.3) is 0 Å². The summed E-state index contributed by atoms with van der Waals surface area (Å²) in [7, 11) is -2.88. The number of sulfone groups is 1. The Bertz CT molecular complexity index is 474. The number of rotatable bonds is 7. The third-order valence-electron chi connectivity index (χ3n) is 2.76. The van der Waals surface area contributed by atoms with Crippen LogP contribution in [0.1, 0.15) is 18.4 Å². The van der Waals surface area contributed by atoms with Gasteiger partial charge in [0.2, 0.25) is 0 Å². The van der Waals surface area contributed by atoms with E-state index < -0.39 is 9.84 Å². The molecule has 1 unspecified atom stereocenters. The highest BCUT2D eigenvalue weighted by molar-refractivity contribution is 9.09. The molecule has 5 heteroatoms. The minimum absolute atomic E-state index is 0.222. The van der Waals surface area contributed by atoms with Gasteiger partial charge in [0, 0.05) is 17.3 Å². The Morgan fingerprint density at radius 3 is 2.67 bits per heavy atom.